The van der Waals surface area contributed by atoms with Gasteiger partial charge in [0.25, 0.3) is 0 Å². The van der Waals surface area contributed by atoms with Gasteiger partial charge in [0, 0.05) is 24.0 Å². The Morgan fingerprint density at radius 3 is 2.12 bits per heavy atom. The maximum atomic E-state index is 4.06. The molecule has 0 aliphatic carbocycles. The largest absolute Gasteiger partial charge is 0.319 e. The highest BCUT2D eigenvalue weighted by atomic mass is 32.1. The van der Waals surface area contributed by atoms with E-state index in [9.17, 15) is 0 Å². The van der Waals surface area contributed by atoms with Gasteiger partial charge in [-0.3, -0.25) is 4.98 Å². The average molecular weight is 230 g/mol. The third-order valence-corrected chi connectivity index (χ3v) is 2.07. The van der Waals surface area contributed by atoms with Gasteiger partial charge >= 0.3 is 0 Å². The lowest BCUT2D eigenvalue weighted by atomic mass is 10.5. The molecule has 2 nitrogen and oxygen atoms in total. The molecule has 1 aromatic heterocycles. The minimum Gasteiger partial charge on any atom is -0.319 e. The van der Waals surface area contributed by atoms with Crippen LogP contribution in [0.5, 0.6) is 0 Å². The first-order chi connectivity index (χ1) is 8.00. The monoisotopic (exact) mass is 230 g/mol. The molecule has 0 spiro atoms. The first-order valence-electron chi connectivity index (χ1n) is 4.91. The van der Waals surface area contributed by atoms with E-state index in [1.165, 1.54) is 11.5 Å². The lowest BCUT2D eigenvalue weighted by Crippen LogP contribution is -1.56. The summed E-state index contributed by atoms with van der Waals surface area (Å²) in [5.41, 5.74) is 0. The van der Waals surface area contributed by atoms with Crippen LogP contribution in [0.2, 0.25) is 0 Å². The van der Waals surface area contributed by atoms with E-state index < -0.39 is 0 Å². The first-order valence-corrected chi connectivity index (χ1v) is 5.79. The second kappa shape index (κ2) is 9.68. The number of H-pyrrole nitrogens is 1. The van der Waals surface area contributed by atoms with E-state index in [0.29, 0.717) is 0 Å². The highest BCUT2D eigenvalue weighted by Crippen LogP contribution is 1.81. The Morgan fingerprint density at radius 1 is 0.688 bits per heavy atom. The number of nitrogens with one attached hydrogen (secondary N) is 1. The summed E-state index contributed by atoms with van der Waals surface area (Å²) < 4.78 is 3.05. The van der Waals surface area contributed by atoms with Gasteiger partial charge in [0.15, 0.2) is 0 Å². The summed E-state index contributed by atoms with van der Waals surface area (Å²) >= 11 is 1.51. The van der Waals surface area contributed by atoms with Crippen LogP contribution in [-0.4, -0.2) is 9.36 Å². The fourth-order valence-corrected chi connectivity index (χ4v) is 1.23. The fraction of sp³-hybridized carbons (Fsp3) is 0. The van der Waals surface area contributed by atoms with Crippen LogP contribution in [-0.2, 0) is 0 Å². The van der Waals surface area contributed by atoms with Gasteiger partial charge in [0.2, 0.25) is 0 Å². The Balaban J connectivity index is 3.00. The molecule has 1 aromatic rings. The smallest absolute Gasteiger partial charge is 0.0268 e. The van der Waals surface area contributed by atoms with E-state index >= 15 is 0 Å². The molecule has 16 heavy (non-hydrogen) atoms. The molecule has 0 saturated heterocycles. The van der Waals surface area contributed by atoms with Crippen LogP contribution >= 0.6 is 11.5 Å². The van der Waals surface area contributed by atoms with Crippen LogP contribution in [0.4, 0.5) is 0 Å². The SMILES string of the molecule is c1ccccncccc[nH]scccc1. The van der Waals surface area contributed by atoms with Crippen LogP contribution in [0, 0.1) is 0 Å². The lowest BCUT2D eigenvalue weighted by molar-refractivity contribution is 1.35. The van der Waals surface area contributed by atoms with Crippen molar-refractivity contribution in [3.8, 4) is 0 Å². The molecule has 3 heteroatoms. The van der Waals surface area contributed by atoms with Crippen LogP contribution in [0.3, 0.4) is 0 Å². The normalized spacial score (nSPS) is 8.00. The number of aromatic amines is 1. The molecule has 1 rings (SSSR count). The van der Waals surface area contributed by atoms with E-state index in [1.807, 2.05) is 66.2 Å². The van der Waals surface area contributed by atoms with Gasteiger partial charge < -0.3 is 4.37 Å². The van der Waals surface area contributed by atoms with Crippen molar-refractivity contribution in [2.24, 2.45) is 0 Å². The molecule has 0 aliphatic rings. The van der Waals surface area contributed by atoms with Gasteiger partial charge in [-0.15, -0.1) is 0 Å². The lowest BCUT2D eigenvalue weighted by Gasteiger charge is -1.71. The van der Waals surface area contributed by atoms with E-state index in [4.69, 9.17) is 0 Å². The highest BCUT2D eigenvalue weighted by Gasteiger charge is 1.58. The predicted octanol–water partition coefficient (Wildman–Crippen LogP) is 3.84. The Labute approximate surface area is 99.8 Å². The van der Waals surface area contributed by atoms with Crippen LogP contribution in [0.25, 0.3) is 0 Å². The molecule has 0 saturated carbocycles. The van der Waals surface area contributed by atoms with Crippen molar-refractivity contribution in [2.45, 2.75) is 0 Å². The molecule has 0 atom stereocenters. The molecule has 0 aromatic carbocycles. The maximum Gasteiger partial charge on any atom is 0.0268 e. The molecule has 1 N–H and O–H groups in total. The summed E-state index contributed by atoms with van der Waals surface area (Å²) in [5.74, 6) is 0. The number of hydrogen-bond acceptors (Lipinski definition) is 2. The van der Waals surface area contributed by atoms with Gasteiger partial charge in [0.1, 0.15) is 0 Å². The van der Waals surface area contributed by atoms with Gasteiger partial charge in [-0.05, 0) is 18.2 Å². The average Bonchev–Trinajstić information content (AvgIpc) is 2.29. The first kappa shape index (κ1) is 12.2. The van der Waals surface area contributed by atoms with Crippen LogP contribution in [0.1, 0.15) is 0 Å². The topological polar surface area (TPSA) is 28.7 Å². The third-order valence-electron chi connectivity index (χ3n) is 1.50. The summed E-state index contributed by atoms with van der Waals surface area (Å²) in [6.45, 7) is 0. The molecule has 82 valence electrons. The minimum absolute atomic E-state index is 1.51. The summed E-state index contributed by atoms with van der Waals surface area (Å²) in [6, 6.07) is 17.4. The van der Waals surface area contributed by atoms with Crippen molar-refractivity contribution in [1.82, 2.24) is 9.36 Å². The van der Waals surface area contributed by atoms with Crippen molar-refractivity contribution >= 4 is 11.5 Å². The van der Waals surface area contributed by atoms with E-state index in [2.05, 4.69) is 9.36 Å². The van der Waals surface area contributed by atoms with Gasteiger partial charge in [-0.25, -0.2) is 0 Å². The number of aromatic nitrogens is 2. The second-order valence-corrected chi connectivity index (χ2v) is 3.46. The van der Waals surface area contributed by atoms with Crippen molar-refractivity contribution in [1.29, 1.82) is 0 Å². The van der Waals surface area contributed by atoms with Gasteiger partial charge in [-0.1, -0.05) is 47.9 Å². The molecule has 0 bridgehead atoms. The zero-order chi connectivity index (χ0) is 11.3. The Kier molecular flexibility index (Phi) is 7.38. The van der Waals surface area contributed by atoms with Crippen molar-refractivity contribution in [3.05, 3.63) is 78.6 Å². The standard InChI is InChI=1S/C13H14N2S/c1-2-4-6-10-14-11-7-8-12-15-16-13-9-5-3-1/h1-13,15H. The summed E-state index contributed by atoms with van der Waals surface area (Å²) in [4.78, 5) is 4.06. The molecule has 0 fully saturated rings. The molecule has 1 heterocycles. The summed E-state index contributed by atoms with van der Waals surface area (Å²) in [7, 11) is 0. The predicted molar refractivity (Wildman–Crippen MR) is 69.3 cm³/mol. The zero-order valence-electron chi connectivity index (χ0n) is 8.86. The van der Waals surface area contributed by atoms with Crippen LogP contribution in [0.15, 0.2) is 78.6 Å². The fourth-order valence-electron chi connectivity index (χ4n) is 0.827. The second-order valence-electron chi connectivity index (χ2n) is 2.72. The molecule has 0 unspecified atom stereocenters. The quantitative estimate of drug-likeness (QED) is 0.720. The number of rotatable bonds is 0. The Morgan fingerprint density at radius 2 is 1.31 bits per heavy atom. The van der Waals surface area contributed by atoms with Crippen molar-refractivity contribution < 1.29 is 0 Å². The van der Waals surface area contributed by atoms with Gasteiger partial charge in [0.05, 0.1) is 0 Å². The molecular formula is C13H14N2S. The third kappa shape index (κ3) is 7.53. The van der Waals surface area contributed by atoms with Crippen LogP contribution < -0.4 is 0 Å². The highest BCUT2D eigenvalue weighted by molar-refractivity contribution is 7.03. The molecule has 0 radical (unpaired) electrons. The number of hydrogen-bond donors (Lipinski definition) is 1. The van der Waals surface area contributed by atoms with Gasteiger partial charge in [-0.2, -0.15) is 0 Å². The zero-order valence-corrected chi connectivity index (χ0v) is 9.68. The summed E-state index contributed by atoms with van der Waals surface area (Å²) in [5, 5.41) is 1.97. The van der Waals surface area contributed by atoms with E-state index in [0.717, 1.165) is 0 Å². The number of nitrogens with zero attached hydrogens (tertiary/aromatic N) is 1. The Hall–Kier alpha value is -1.87. The summed E-state index contributed by atoms with van der Waals surface area (Å²) in [6.07, 6.45) is 5.33. The Bertz CT molecular complexity index is 265. The molecular weight excluding hydrogens is 216 g/mol. The molecule has 0 amide bonds. The van der Waals surface area contributed by atoms with E-state index in [1.54, 1.807) is 12.4 Å². The maximum absolute atomic E-state index is 4.06. The minimum atomic E-state index is 1.51. The van der Waals surface area contributed by atoms with Crippen molar-refractivity contribution in [2.75, 3.05) is 0 Å². The molecule has 0 aliphatic heterocycles. The van der Waals surface area contributed by atoms with E-state index in [-0.39, 0.29) is 0 Å². The van der Waals surface area contributed by atoms with Crippen molar-refractivity contribution in [3.63, 3.8) is 0 Å².